The minimum atomic E-state index is -0.487. The molecule has 7 heteroatoms. The van der Waals surface area contributed by atoms with E-state index in [1.807, 2.05) is 16.3 Å². The van der Waals surface area contributed by atoms with Crippen LogP contribution in [-0.4, -0.2) is 52.4 Å². The lowest BCUT2D eigenvalue weighted by Gasteiger charge is -2.19. The van der Waals surface area contributed by atoms with E-state index in [0.29, 0.717) is 36.8 Å². The van der Waals surface area contributed by atoms with Gasteiger partial charge in [0.15, 0.2) is 0 Å². The van der Waals surface area contributed by atoms with E-state index in [1.54, 1.807) is 0 Å². The number of aromatic amines is 1. The van der Waals surface area contributed by atoms with Crippen molar-refractivity contribution in [2.24, 2.45) is 0 Å². The molecule has 1 aliphatic heterocycles. The van der Waals surface area contributed by atoms with Crippen molar-refractivity contribution in [2.75, 3.05) is 26.3 Å². The van der Waals surface area contributed by atoms with E-state index in [2.05, 4.69) is 9.97 Å². The van der Waals surface area contributed by atoms with Gasteiger partial charge in [-0.3, -0.25) is 9.69 Å². The summed E-state index contributed by atoms with van der Waals surface area (Å²) in [6, 6.07) is 1.85. The average molecular weight is 281 g/mol. The van der Waals surface area contributed by atoms with Gasteiger partial charge >= 0.3 is 0 Å². The van der Waals surface area contributed by atoms with Crippen LogP contribution in [0.5, 0.6) is 0 Å². The van der Waals surface area contributed by atoms with Crippen molar-refractivity contribution in [3.8, 4) is 0 Å². The van der Waals surface area contributed by atoms with Gasteiger partial charge in [0, 0.05) is 13.1 Å². The van der Waals surface area contributed by atoms with Gasteiger partial charge in [0.25, 0.3) is 5.56 Å². The van der Waals surface area contributed by atoms with Crippen LogP contribution in [0.2, 0.25) is 0 Å². The molecule has 1 atom stereocenters. The van der Waals surface area contributed by atoms with Crippen LogP contribution >= 0.6 is 11.3 Å². The largest absolute Gasteiger partial charge is 0.389 e. The van der Waals surface area contributed by atoms with Crippen LogP contribution in [0.25, 0.3) is 10.2 Å². The number of hydrogen-bond acceptors (Lipinski definition) is 6. The molecular formula is C12H15N3O3S. The third kappa shape index (κ3) is 2.84. The van der Waals surface area contributed by atoms with Crippen LogP contribution in [-0.2, 0) is 11.3 Å². The molecule has 0 radical (unpaired) electrons. The molecule has 1 saturated heterocycles. The van der Waals surface area contributed by atoms with Gasteiger partial charge in [-0.05, 0) is 11.4 Å². The summed E-state index contributed by atoms with van der Waals surface area (Å²) in [6.45, 7) is 2.72. The first kappa shape index (κ1) is 12.7. The summed E-state index contributed by atoms with van der Waals surface area (Å²) >= 11 is 1.39. The van der Waals surface area contributed by atoms with Gasteiger partial charge in [-0.1, -0.05) is 0 Å². The molecule has 2 aromatic heterocycles. The van der Waals surface area contributed by atoms with Crippen LogP contribution in [0.4, 0.5) is 0 Å². The highest BCUT2D eigenvalue weighted by molar-refractivity contribution is 7.17. The fourth-order valence-electron chi connectivity index (χ4n) is 2.21. The molecule has 3 heterocycles. The minimum Gasteiger partial charge on any atom is -0.389 e. The van der Waals surface area contributed by atoms with E-state index >= 15 is 0 Å². The Morgan fingerprint density at radius 3 is 3.42 bits per heavy atom. The van der Waals surface area contributed by atoms with E-state index in [0.717, 1.165) is 12.1 Å². The van der Waals surface area contributed by atoms with E-state index < -0.39 is 6.10 Å². The molecule has 0 spiro atoms. The number of aliphatic hydroxyl groups is 1. The van der Waals surface area contributed by atoms with Gasteiger partial charge in [-0.15, -0.1) is 11.3 Å². The molecule has 1 aliphatic rings. The third-order valence-electron chi connectivity index (χ3n) is 3.07. The molecule has 1 fully saturated rings. The molecule has 0 amide bonds. The molecule has 102 valence electrons. The second kappa shape index (κ2) is 5.38. The second-order valence-corrected chi connectivity index (χ2v) is 5.53. The smallest absolute Gasteiger partial charge is 0.268 e. The molecule has 0 saturated carbocycles. The lowest BCUT2D eigenvalue weighted by Crippen LogP contribution is -2.33. The van der Waals surface area contributed by atoms with E-state index in [1.165, 1.54) is 11.3 Å². The van der Waals surface area contributed by atoms with Crippen molar-refractivity contribution in [3.63, 3.8) is 0 Å². The van der Waals surface area contributed by atoms with Crippen molar-refractivity contribution in [2.45, 2.75) is 12.6 Å². The number of nitrogens with one attached hydrogen (secondary N) is 1. The number of aromatic nitrogens is 2. The predicted octanol–water partition coefficient (Wildman–Crippen LogP) is 0.178. The Hall–Kier alpha value is -1.28. The first-order chi connectivity index (χ1) is 9.22. The number of hydrogen-bond donors (Lipinski definition) is 2. The summed E-state index contributed by atoms with van der Waals surface area (Å²) in [4.78, 5) is 21.1. The molecule has 3 rings (SSSR count). The maximum Gasteiger partial charge on any atom is 0.268 e. The number of β-amino-alcohol motifs (C(OH)–C–C–N with tert-alkyl or cyclic N) is 1. The number of H-pyrrole nitrogens is 1. The first-order valence-electron chi connectivity index (χ1n) is 6.17. The number of thiophene rings is 1. The standard InChI is InChI=1S/C12H15N3O3S/c16-8-5-15(2-3-18-7-8)6-10-13-9-1-4-19-11(9)12(17)14-10/h1,4,8,16H,2-3,5-7H2,(H,13,14,17)/t8-/m1/s1. The molecule has 6 nitrogen and oxygen atoms in total. The van der Waals surface area contributed by atoms with Gasteiger partial charge < -0.3 is 14.8 Å². The van der Waals surface area contributed by atoms with E-state index in [9.17, 15) is 9.90 Å². The Morgan fingerprint density at radius 1 is 1.63 bits per heavy atom. The highest BCUT2D eigenvalue weighted by Gasteiger charge is 2.17. The summed E-state index contributed by atoms with van der Waals surface area (Å²) in [7, 11) is 0. The van der Waals surface area contributed by atoms with Crippen LogP contribution in [0.15, 0.2) is 16.2 Å². The zero-order valence-corrected chi connectivity index (χ0v) is 11.2. The van der Waals surface area contributed by atoms with Gasteiger partial charge in [-0.2, -0.15) is 0 Å². The molecule has 2 aromatic rings. The second-order valence-electron chi connectivity index (χ2n) is 4.61. The van der Waals surface area contributed by atoms with Crippen LogP contribution < -0.4 is 5.56 Å². The van der Waals surface area contributed by atoms with Crippen molar-refractivity contribution in [3.05, 3.63) is 27.6 Å². The molecule has 2 N–H and O–H groups in total. The molecule has 0 bridgehead atoms. The van der Waals surface area contributed by atoms with Gasteiger partial charge in [0.05, 0.1) is 31.4 Å². The van der Waals surface area contributed by atoms with Crippen molar-refractivity contribution in [1.82, 2.24) is 14.9 Å². The van der Waals surface area contributed by atoms with Gasteiger partial charge in [-0.25, -0.2) is 4.98 Å². The topological polar surface area (TPSA) is 78.5 Å². The van der Waals surface area contributed by atoms with Crippen LogP contribution in [0.3, 0.4) is 0 Å². The lowest BCUT2D eigenvalue weighted by molar-refractivity contribution is 0.0561. The number of fused-ring (bicyclic) bond motifs is 1. The monoisotopic (exact) mass is 281 g/mol. The fraction of sp³-hybridized carbons (Fsp3) is 0.500. The molecule has 19 heavy (non-hydrogen) atoms. The summed E-state index contributed by atoms with van der Waals surface area (Å²) in [6.07, 6.45) is -0.487. The Kier molecular flexibility index (Phi) is 3.61. The lowest BCUT2D eigenvalue weighted by atomic mass is 10.3. The number of nitrogens with zero attached hydrogens (tertiary/aromatic N) is 2. The number of aliphatic hydroxyl groups excluding tert-OH is 1. The van der Waals surface area contributed by atoms with E-state index in [-0.39, 0.29) is 5.56 Å². The first-order valence-corrected chi connectivity index (χ1v) is 7.05. The average Bonchev–Trinajstić information content (AvgIpc) is 2.74. The van der Waals surface area contributed by atoms with Gasteiger partial charge in [0.1, 0.15) is 10.5 Å². The highest BCUT2D eigenvalue weighted by atomic mass is 32.1. The van der Waals surface area contributed by atoms with Crippen molar-refractivity contribution < 1.29 is 9.84 Å². The number of ether oxygens (including phenoxy) is 1. The Labute approximate surface area is 113 Å². The summed E-state index contributed by atoms with van der Waals surface area (Å²) in [5.41, 5.74) is 0.636. The third-order valence-corrected chi connectivity index (χ3v) is 3.97. The SMILES string of the molecule is O=c1[nH]c(CN2CCOC[C@H](O)C2)nc2ccsc12. The van der Waals surface area contributed by atoms with Crippen molar-refractivity contribution >= 4 is 21.6 Å². The summed E-state index contributed by atoms with van der Waals surface area (Å²) in [5.74, 6) is 0.630. The zero-order valence-electron chi connectivity index (χ0n) is 10.3. The van der Waals surface area contributed by atoms with Crippen LogP contribution in [0, 0.1) is 0 Å². The predicted molar refractivity (Wildman–Crippen MR) is 72.3 cm³/mol. The molecule has 0 aliphatic carbocycles. The molecule has 0 aromatic carbocycles. The molecule has 0 unspecified atom stereocenters. The van der Waals surface area contributed by atoms with Crippen molar-refractivity contribution in [1.29, 1.82) is 0 Å². The maximum atomic E-state index is 11.9. The zero-order chi connectivity index (χ0) is 13.2. The van der Waals surface area contributed by atoms with E-state index in [4.69, 9.17) is 4.74 Å². The Bertz CT molecular complexity index is 624. The quantitative estimate of drug-likeness (QED) is 0.821. The summed E-state index contributed by atoms with van der Waals surface area (Å²) < 4.78 is 5.93. The number of rotatable bonds is 2. The van der Waals surface area contributed by atoms with Crippen LogP contribution in [0.1, 0.15) is 5.82 Å². The Balaban J connectivity index is 1.82. The normalized spacial score (nSPS) is 21.6. The minimum absolute atomic E-state index is 0.0957. The summed E-state index contributed by atoms with van der Waals surface area (Å²) in [5, 5.41) is 11.5. The molecular weight excluding hydrogens is 266 g/mol. The highest BCUT2D eigenvalue weighted by Crippen LogP contribution is 2.14. The Morgan fingerprint density at radius 2 is 2.53 bits per heavy atom. The fourth-order valence-corrected chi connectivity index (χ4v) is 2.93. The van der Waals surface area contributed by atoms with Gasteiger partial charge in [0.2, 0.25) is 0 Å². The maximum absolute atomic E-state index is 11.9.